The largest absolute Gasteiger partial charge is 0.236 e. The van der Waals surface area contributed by atoms with Crippen LogP contribution in [-0.4, -0.2) is 81.7 Å². The van der Waals surface area contributed by atoms with Crippen molar-refractivity contribution in [1.82, 2.24) is 0 Å². The summed E-state index contributed by atoms with van der Waals surface area (Å²) < 4.78 is 0. The minimum absolute atomic E-state index is 0.156. The van der Waals surface area contributed by atoms with Crippen molar-refractivity contribution in [3.05, 3.63) is 0 Å². The minimum atomic E-state index is -0.365. The Morgan fingerprint density at radius 3 is 1.50 bits per heavy atom. The van der Waals surface area contributed by atoms with Gasteiger partial charge in [-0.2, -0.15) is 33.5 Å². The van der Waals surface area contributed by atoms with Crippen LogP contribution in [0.25, 0.3) is 0 Å². The van der Waals surface area contributed by atoms with Gasteiger partial charge < -0.3 is 0 Å². The average molecular weight is 461 g/mol. The van der Waals surface area contributed by atoms with E-state index in [1.54, 1.807) is 0 Å². The summed E-state index contributed by atoms with van der Waals surface area (Å²) in [6.07, 6.45) is 7.95. The van der Waals surface area contributed by atoms with Gasteiger partial charge in [0.15, 0.2) is 0 Å². The number of nitrogens with zero attached hydrogens (tertiary/aromatic N) is 4. The molecule has 4 atom stereocenters. The van der Waals surface area contributed by atoms with E-state index >= 15 is 0 Å². The molecule has 0 aliphatic carbocycles. The molecule has 0 spiro atoms. The lowest BCUT2D eigenvalue weighted by atomic mass is 10.3. The lowest BCUT2D eigenvalue weighted by Crippen LogP contribution is -2.23. The molecular formula is C16H20N4O4S4. The third kappa shape index (κ3) is 11.7. The van der Waals surface area contributed by atoms with Gasteiger partial charge in [0.1, 0.15) is 10.7 Å². The number of hydrogen-bond acceptors (Lipinski definition) is 12. The highest BCUT2D eigenvalue weighted by molar-refractivity contribution is 8.07. The Bertz CT molecular complexity index is 593. The lowest BCUT2D eigenvalue weighted by molar-refractivity contribution is 0.559. The minimum Gasteiger partial charge on any atom is -0.211 e. The van der Waals surface area contributed by atoms with Crippen LogP contribution in [0.15, 0.2) is 20.0 Å². The first-order valence-electron chi connectivity index (χ1n) is 8.41. The summed E-state index contributed by atoms with van der Waals surface area (Å²) in [7, 11) is 0. The molecule has 1 aliphatic rings. The summed E-state index contributed by atoms with van der Waals surface area (Å²) in [5.74, 6) is 3.79. The van der Waals surface area contributed by atoms with Gasteiger partial charge >= 0.3 is 0 Å². The highest BCUT2D eigenvalue weighted by atomic mass is 32.2. The maximum Gasteiger partial charge on any atom is 0.236 e. The van der Waals surface area contributed by atoms with Gasteiger partial charge in [0, 0.05) is 22.0 Å². The molecule has 1 rings (SSSR count). The van der Waals surface area contributed by atoms with Crippen LogP contribution in [-0.2, 0) is 19.2 Å². The Hall–Kier alpha value is -1.08. The quantitative estimate of drug-likeness (QED) is 0.286. The van der Waals surface area contributed by atoms with E-state index in [2.05, 4.69) is 20.0 Å². The van der Waals surface area contributed by atoms with Crippen molar-refractivity contribution >= 4 is 71.4 Å². The van der Waals surface area contributed by atoms with E-state index in [9.17, 15) is 19.2 Å². The van der Waals surface area contributed by atoms with Crippen molar-refractivity contribution in [3.8, 4) is 0 Å². The van der Waals surface area contributed by atoms with E-state index in [0.717, 1.165) is 35.9 Å². The molecule has 1 heterocycles. The predicted molar refractivity (Wildman–Crippen MR) is 116 cm³/mol. The maximum atomic E-state index is 10.4. The molecule has 0 amide bonds. The second kappa shape index (κ2) is 16.8. The van der Waals surface area contributed by atoms with Crippen LogP contribution >= 0.6 is 47.0 Å². The van der Waals surface area contributed by atoms with Crippen molar-refractivity contribution < 1.29 is 19.2 Å². The van der Waals surface area contributed by atoms with Crippen molar-refractivity contribution in [2.24, 2.45) is 20.0 Å². The first-order chi connectivity index (χ1) is 13.7. The summed E-state index contributed by atoms with van der Waals surface area (Å²) in [6.45, 7) is 0.312. The number of aliphatic imine (C=N–C) groups is 4. The smallest absolute Gasteiger partial charge is 0.211 e. The van der Waals surface area contributed by atoms with Crippen molar-refractivity contribution in [2.45, 2.75) is 34.1 Å². The van der Waals surface area contributed by atoms with Gasteiger partial charge in [-0.15, -0.1) is 23.5 Å². The molecule has 8 nitrogen and oxygen atoms in total. The Morgan fingerprint density at radius 2 is 1.18 bits per heavy atom. The lowest BCUT2D eigenvalue weighted by Gasteiger charge is -2.28. The Balaban J connectivity index is 2.22. The van der Waals surface area contributed by atoms with Crippen molar-refractivity contribution in [3.63, 3.8) is 0 Å². The molecular weight excluding hydrogens is 440 g/mol. The van der Waals surface area contributed by atoms with Crippen LogP contribution in [0.4, 0.5) is 0 Å². The molecule has 1 aliphatic heterocycles. The van der Waals surface area contributed by atoms with E-state index in [0.29, 0.717) is 10.5 Å². The van der Waals surface area contributed by atoms with Crippen LogP contribution in [0.5, 0.6) is 0 Å². The summed E-state index contributed by atoms with van der Waals surface area (Å²) in [5, 5.41) is 0.364. The Morgan fingerprint density at radius 1 is 0.750 bits per heavy atom. The fraction of sp³-hybridized carbons (Fsp3) is 0.750. The molecule has 152 valence electrons. The Kier molecular flexibility index (Phi) is 15.0. The molecule has 4 unspecified atom stereocenters. The monoisotopic (exact) mass is 460 g/mol. The highest BCUT2D eigenvalue weighted by Crippen LogP contribution is 2.35. The number of rotatable bonds is 14. The van der Waals surface area contributed by atoms with E-state index < -0.39 is 0 Å². The van der Waals surface area contributed by atoms with Crippen molar-refractivity contribution in [2.75, 3.05) is 36.1 Å². The molecule has 1 fully saturated rings. The van der Waals surface area contributed by atoms with E-state index in [1.165, 1.54) is 47.8 Å². The second-order valence-corrected chi connectivity index (χ2v) is 10.7. The summed E-state index contributed by atoms with van der Waals surface area (Å²) >= 11 is 6.89. The molecule has 0 radical (unpaired) electrons. The summed E-state index contributed by atoms with van der Waals surface area (Å²) in [6, 6.07) is 0. The van der Waals surface area contributed by atoms with Crippen LogP contribution in [0.3, 0.4) is 0 Å². The zero-order valence-corrected chi connectivity index (χ0v) is 18.3. The fourth-order valence-electron chi connectivity index (χ4n) is 2.20. The van der Waals surface area contributed by atoms with Gasteiger partial charge in [0.2, 0.25) is 24.3 Å². The zero-order valence-electron chi connectivity index (χ0n) is 15.0. The molecule has 0 bridgehead atoms. The number of thioether (sulfide) groups is 4. The van der Waals surface area contributed by atoms with Gasteiger partial charge in [-0.3, -0.25) is 0 Å². The van der Waals surface area contributed by atoms with Crippen LogP contribution in [0, 0.1) is 0 Å². The third-order valence-corrected chi connectivity index (χ3v) is 9.13. The predicted octanol–water partition coefficient (Wildman–Crippen LogP) is 2.45. The standard InChI is InChI=1S/C16H20N4O4S4/c21-9-17-5-15(19-11-23)25-3-1-13-7-28-14(8-27-13)2-4-26-16(20-12-24)6-18-10-22/h13-16H,1-8H2. The first kappa shape index (κ1) is 25.0. The van der Waals surface area contributed by atoms with Gasteiger partial charge in [0.05, 0.1) is 13.1 Å². The van der Waals surface area contributed by atoms with E-state index in [4.69, 9.17) is 0 Å². The maximum absolute atomic E-state index is 10.4. The van der Waals surface area contributed by atoms with Gasteiger partial charge in [0.25, 0.3) is 0 Å². The van der Waals surface area contributed by atoms with Crippen LogP contribution < -0.4 is 0 Å². The molecule has 1 saturated heterocycles. The molecule has 0 saturated carbocycles. The molecule has 0 aromatic rings. The second-order valence-electron chi connectivity index (χ2n) is 5.44. The highest BCUT2D eigenvalue weighted by Gasteiger charge is 2.22. The topological polar surface area (TPSA) is 118 Å². The third-order valence-electron chi connectivity index (χ3n) is 3.55. The number of carbonyl (C=O) groups excluding carboxylic acids is 4. The molecule has 0 N–H and O–H groups in total. The zero-order chi connectivity index (χ0) is 20.5. The van der Waals surface area contributed by atoms with Gasteiger partial charge in [-0.25, -0.2) is 29.2 Å². The van der Waals surface area contributed by atoms with Crippen LogP contribution in [0.2, 0.25) is 0 Å². The van der Waals surface area contributed by atoms with Gasteiger partial charge in [-0.1, -0.05) is 0 Å². The molecule has 12 heteroatoms. The summed E-state index contributed by atoms with van der Waals surface area (Å²) in [5.41, 5.74) is 0. The van der Waals surface area contributed by atoms with Gasteiger partial charge in [-0.05, 0) is 24.3 Å². The SMILES string of the molecule is O=C=NCC(N=C=O)SCCC1CSC(CCSC(CN=C=O)N=C=O)CS1. The molecule has 0 aromatic carbocycles. The van der Waals surface area contributed by atoms with E-state index in [1.807, 2.05) is 23.5 Å². The Labute approximate surface area is 180 Å². The van der Waals surface area contributed by atoms with Crippen LogP contribution in [0.1, 0.15) is 12.8 Å². The molecule has 0 aromatic heterocycles. The normalized spacial score (nSPS) is 20.4. The number of hydrogen-bond donors (Lipinski definition) is 0. The first-order valence-corrected chi connectivity index (χ1v) is 12.6. The molecule has 28 heavy (non-hydrogen) atoms. The van der Waals surface area contributed by atoms with Crippen molar-refractivity contribution in [1.29, 1.82) is 0 Å². The fourth-order valence-corrected chi connectivity index (χ4v) is 7.59. The van der Waals surface area contributed by atoms with E-state index in [-0.39, 0.29) is 23.8 Å². The average Bonchev–Trinajstić information content (AvgIpc) is 2.71. The summed E-state index contributed by atoms with van der Waals surface area (Å²) in [4.78, 5) is 55.4. The number of isocyanates is 4.